The van der Waals surface area contributed by atoms with Gasteiger partial charge in [-0.1, -0.05) is 42.5 Å². The molecule has 36 heavy (non-hydrogen) atoms. The third-order valence-corrected chi connectivity index (χ3v) is 7.17. The number of aryl methyl sites for hydroxylation is 1. The number of fused-ring (bicyclic) bond motifs is 1. The predicted molar refractivity (Wildman–Crippen MR) is 137 cm³/mol. The quantitative estimate of drug-likeness (QED) is 0.262. The lowest BCUT2D eigenvalue weighted by Gasteiger charge is -2.13. The first-order valence-electron chi connectivity index (χ1n) is 11.6. The summed E-state index contributed by atoms with van der Waals surface area (Å²) in [5, 5.41) is 4.61. The van der Waals surface area contributed by atoms with Crippen molar-refractivity contribution in [3.8, 4) is 16.9 Å². The standard InChI is InChI=1S/C27H27F2N3O3S/c28-27(29)35-24-10-8-20(9-11-24)5-4-13-30-15-16-32-36(33,34)26-18-22(21-6-2-1-3-7-21)17-23-19-31-14-12-25(23)26/h1-3,6-12,14,17-19,27,30,32H,4-5,13,15-16H2. The summed E-state index contributed by atoms with van der Waals surface area (Å²) >= 11 is 0. The van der Waals surface area contributed by atoms with Crippen molar-refractivity contribution in [2.75, 3.05) is 19.6 Å². The van der Waals surface area contributed by atoms with Crippen molar-refractivity contribution in [3.05, 3.63) is 90.8 Å². The second-order valence-electron chi connectivity index (χ2n) is 8.21. The number of hydrogen-bond donors (Lipinski definition) is 2. The average Bonchev–Trinajstić information content (AvgIpc) is 2.88. The van der Waals surface area contributed by atoms with Crippen molar-refractivity contribution in [1.82, 2.24) is 15.0 Å². The molecular formula is C27H27F2N3O3S. The predicted octanol–water partition coefficient (Wildman–Crippen LogP) is 5.00. The first-order chi connectivity index (χ1) is 17.4. The Labute approximate surface area is 209 Å². The number of benzene rings is 3. The second kappa shape index (κ2) is 12.0. The van der Waals surface area contributed by atoms with E-state index < -0.39 is 16.6 Å². The van der Waals surface area contributed by atoms with Crippen LogP contribution >= 0.6 is 0 Å². The van der Waals surface area contributed by atoms with Crippen LogP contribution < -0.4 is 14.8 Å². The number of rotatable bonds is 12. The Morgan fingerprint density at radius 1 is 0.889 bits per heavy atom. The fourth-order valence-corrected chi connectivity index (χ4v) is 5.21. The highest BCUT2D eigenvalue weighted by Gasteiger charge is 2.18. The summed E-state index contributed by atoms with van der Waals surface area (Å²) in [5.41, 5.74) is 2.75. The number of nitrogens with one attached hydrogen (secondary N) is 2. The number of nitrogens with zero attached hydrogens (tertiary/aromatic N) is 1. The first-order valence-corrected chi connectivity index (χ1v) is 13.1. The fourth-order valence-electron chi connectivity index (χ4n) is 3.93. The zero-order valence-electron chi connectivity index (χ0n) is 19.5. The smallest absolute Gasteiger partial charge is 0.387 e. The number of pyridine rings is 1. The Morgan fingerprint density at radius 2 is 1.67 bits per heavy atom. The van der Waals surface area contributed by atoms with E-state index in [2.05, 4.69) is 19.8 Å². The van der Waals surface area contributed by atoms with Gasteiger partial charge < -0.3 is 10.1 Å². The lowest BCUT2D eigenvalue weighted by atomic mass is 10.0. The van der Waals surface area contributed by atoms with Crippen LogP contribution in [0.5, 0.6) is 5.75 Å². The molecule has 3 aromatic carbocycles. The third kappa shape index (κ3) is 6.84. The molecule has 0 radical (unpaired) electrons. The van der Waals surface area contributed by atoms with E-state index in [1.807, 2.05) is 36.4 Å². The molecule has 188 valence electrons. The van der Waals surface area contributed by atoms with Gasteiger partial charge in [-0.2, -0.15) is 8.78 Å². The fraction of sp³-hybridized carbons (Fsp3) is 0.222. The monoisotopic (exact) mass is 511 g/mol. The molecule has 4 aromatic rings. The first kappa shape index (κ1) is 25.7. The highest BCUT2D eigenvalue weighted by atomic mass is 32.2. The molecule has 0 aliphatic carbocycles. The Balaban J connectivity index is 1.30. The van der Waals surface area contributed by atoms with E-state index in [1.54, 1.807) is 36.7 Å². The van der Waals surface area contributed by atoms with E-state index in [-0.39, 0.29) is 17.2 Å². The van der Waals surface area contributed by atoms with Gasteiger partial charge in [0.25, 0.3) is 0 Å². The molecule has 0 bridgehead atoms. The summed E-state index contributed by atoms with van der Waals surface area (Å²) in [6.07, 6.45) is 4.84. The molecule has 0 aliphatic rings. The minimum absolute atomic E-state index is 0.137. The molecular weight excluding hydrogens is 484 g/mol. The van der Waals surface area contributed by atoms with Crippen LogP contribution in [0.3, 0.4) is 0 Å². The SMILES string of the molecule is O=S(=O)(NCCNCCCc1ccc(OC(F)F)cc1)c1cc(-c2ccccc2)cc2cnccc12. The van der Waals surface area contributed by atoms with Crippen molar-refractivity contribution in [3.63, 3.8) is 0 Å². The Kier molecular flexibility index (Phi) is 8.58. The van der Waals surface area contributed by atoms with Gasteiger partial charge in [0, 0.05) is 36.3 Å². The number of sulfonamides is 1. The lowest BCUT2D eigenvalue weighted by Crippen LogP contribution is -2.32. The van der Waals surface area contributed by atoms with Gasteiger partial charge in [-0.15, -0.1) is 0 Å². The van der Waals surface area contributed by atoms with E-state index in [9.17, 15) is 17.2 Å². The summed E-state index contributed by atoms with van der Waals surface area (Å²) in [4.78, 5) is 4.37. The van der Waals surface area contributed by atoms with Crippen LogP contribution in [0, 0.1) is 0 Å². The van der Waals surface area contributed by atoms with Crippen LogP contribution in [0.15, 0.2) is 90.1 Å². The molecule has 0 aliphatic heterocycles. The molecule has 1 heterocycles. The topological polar surface area (TPSA) is 80.3 Å². The number of alkyl halides is 2. The molecule has 0 spiro atoms. The maximum absolute atomic E-state index is 13.2. The number of ether oxygens (including phenoxy) is 1. The van der Waals surface area contributed by atoms with E-state index in [1.165, 1.54) is 12.1 Å². The van der Waals surface area contributed by atoms with Crippen LogP contribution in [-0.4, -0.2) is 39.6 Å². The third-order valence-electron chi connectivity index (χ3n) is 5.67. The number of hydrogen-bond acceptors (Lipinski definition) is 5. The molecule has 0 saturated carbocycles. The van der Waals surface area contributed by atoms with Crippen LogP contribution in [0.4, 0.5) is 8.78 Å². The molecule has 6 nitrogen and oxygen atoms in total. The van der Waals surface area contributed by atoms with E-state index in [4.69, 9.17) is 0 Å². The average molecular weight is 512 g/mol. The van der Waals surface area contributed by atoms with Gasteiger partial charge in [0.15, 0.2) is 0 Å². The lowest BCUT2D eigenvalue weighted by molar-refractivity contribution is -0.0498. The summed E-state index contributed by atoms with van der Waals surface area (Å²) in [7, 11) is -3.75. The Hall–Kier alpha value is -3.40. The second-order valence-corrected chi connectivity index (χ2v) is 9.95. The van der Waals surface area contributed by atoms with Crippen molar-refractivity contribution < 1.29 is 21.9 Å². The zero-order valence-corrected chi connectivity index (χ0v) is 20.3. The van der Waals surface area contributed by atoms with Crippen molar-refractivity contribution in [2.24, 2.45) is 0 Å². The normalized spacial score (nSPS) is 11.8. The highest BCUT2D eigenvalue weighted by molar-refractivity contribution is 7.89. The molecule has 4 rings (SSSR count). The van der Waals surface area contributed by atoms with Gasteiger partial charge in [0.1, 0.15) is 5.75 Å². The van der Waals surface area contributed by atoms with Crippen LogP contribution in [0.25, 0.3) is 21.9 Å². The maximum Gasteiger partial charge on any atom is 0.387 e. The minimum atomic E-state index is -3.75. The van der Waals surface area contributed by atoms with E-state index in [0.717, 1.165) is 34.9 Å². The van der Waals surface area contributed by atoms with Crippen molar-refractivity contribution in [1.29, 1.82) is 0 Å². The molecule has 0 fully saturated rings. The molecule has 9 heteroatoms. The number of halogens is 2. The molecule has 2 N–H and O–H groups in total. The zero-order chi connectivity index (χ0) is 25.4. The molecule has 0 saturated heterocycles. The van der Waals surface area contributed by atoms with Crippen molar-refractivity contribution in [2.45, 2.75) is 24.3 Å². The van der Waals surface area contributed by atoms with Gasteiger partial charge in [0.2, 0.25) is 10.0 Å². The maximum atomic E-state index is 13.2. The Bertz CT molecular complexity index is 1380. The van der Waals surface area contributed by atoms with Crippen molar-refractivity contribution >= 4 is 20.8 Å². The molecule has 0 unspecified atom stereocenters. The van der Waals surface area contributed by atoms with Gasteiger partial charge >= 0.3 is 6.61 Å². The number of aromatic nitrogens is 1. The summed E-state index contributed by atoms with van der Waals surface area (Å²) in [5.74, 6) is 0.137. The van der Waals surface area contributed by atoms with Crippen LogP contribution in [-0.2, 0) is 16.4 Å². The highest BCUT2D eigenvalue weighted by Crippen LogP contribution is 2.30. The van der Waals surface area contributed by atoms with Gasteiger partial charge in [-0.05, 0) is 66.4 Å². The summed E-state index contributed by atoms with van der Waals surface area (Å²) in [6.45, 7) is -1.43. The molecule has 0 atom stereocenters. The molecule has 1 aromatic heterocycles. The Morgan fingerprint density at radius 3 is 2.42 bits per heavy atom. The minimum Gasteiger partial charge on any atom is -0.435 e. The van der Waals surface area contributed by atoms with Crippen LogP contribution in [0.2, 0.25) is 0 Å². The molecule has 0 amide bonds. The van der Waals surface area contributed by atoms with Gasteiger partial charge in [0.05, 0.1) is 4.90 Å². The largest absolute Gasteiger partial charge is 0.435 e. The van der Waals surface area contributed by atoms with E-state index in [0.29, 0.717) is 18.5 Å². The van der Waals surface area contributed by atoms with Crippen LogP contribution in [0.1, 0.15) is 12.0 Å². The van der Waals surface area contributed by atoms with Gasteiger partial charge in [-0.25, -0.2) is 13.1 Å². The summed E-state index contributed by atoms with van der Waals surface area (Å²) < 4.78 is 57.8. The van der Waals surface area contributed by atoms with E-state index >= 15 is 0 Å². The van der Waals surface area contributed by atoms with Gasteiger partial charge in [-0.3, -0.25) is 4.98 Å². The summed E-state index contributed by atoms with van der Waals surface area (Å²) in [6, 6.07) is 21.5.